The molecule has 0 unspecified atom stereocenters. The molecule has 1 aliphatic rings. The zero-order valence-electron chi connectivity index (χ0n) is 11.1. The van der Waals surface area contributed by atoms with E-state index in [2.05, 4.69) is 5.32 Å². The molecule has 1 N–H and O–H groups in total. The predicted molar refractivity (Wildman–Crippen MR) is 74.8 cm³/mol. The predicted octanol–water partition coefficient (Wildman–Crippen LogP) is 2.13. The van der Waals surface area contributed by atoms with Gasteiger partial charge in [0.15, 0.2) is 6.20 Å². The Hall–Kier alpha value is -2.36. The van der Waals surface area contributed by atoms with Gasteiger partial charge in [0.25, 0.3) is 5.69 Å². The smallest absolute Gasteiger partial charge is 0.318 e. The minimum absolute atomic E-state index is 0.134. The summed E-state index contributed by atoms with van der Waals surface area (Å²) in [6.45, 7) is 0. The number of rotatable bonds is 3. The summed E-state index contributed by atoms with van der Waals surface area (Å²) in [7, 11) is 0. The van der Waals surface area contributed by atoms with E-state index < -0.39 is 0 Å². The van der Waals surface area contributed by atoms with Crippen molar-refractivity contribution >= 4 is 5.91 Å². The first-order chi connectivity index (χ1) is 9.71. The van der Waals surface area contributed by atoms with E-state index in [1.165, 1.54) is 6.20 Å². The third-order valence-electron chi connectivity index (χ3n) is 3.94. The summed E-state index contributed by atoms with van der Waals surface area (Å²) in [5.41, 5.74) is 0.920. The molecule has 20 heavy (non-hydrogen) atoms. The third kappa shape index (κ3) is 2.13. The maximum atomic E-state index is 12.3. The molecule has 1 saturated carbocycles. The molecule has 1 aliphatic carbocycles. The summed E-state index contributed by atoms with van der Waals surface area (Å²) in [6.07, 6.45) is 4.25. The molecule has 0 atom stereocenters. The Morgan fingerprint density at radius 1 is 1.10 bits per heavy atom. The lowest BCUT2D eigenvalue weighted by Crippen LogP contribution is -2.53. The molecule has 1 heterocycles. The van der Waals surface area contributed by atoms with Gasteiger partial charge >= 0.3 is 5.91 Å². The van der Waals surface area contributed by atoms with E-state index >= 15 is 0 Å². The molecule has 0 saturated heterocycles. The van der Waals surface area contributed by atoms with E-state index in [1.807, 2.05) is 30.3 Å². The van der Waals surface area contributed by atoms with Gasteiger partial charge in [0.1, 0.15) is 0 Å². The average Bonchev–Trinajstić information content (AvgIpc) is 2.44. The quantitative estimate of drug-likeness (QED) is 0.685. The first-order valence-corrected chi connectivity index (χ1v) is 6.77. The van der Waals surface area contributed by atoms with Crippen molar-refractivity contribution in [2.45, 2.75) is 24.8 Å². The molecule has 1 aromatic carbocycles. The molecule has 0 bridgehead atoms. The van der Waals surface area contributed by atoms with Crippen LogP contribution in [0.1, 0.15) is 35.3 Å². The molecule has 102 valence electrons. The Bertz CT molecular complexity index is 621. The molecule has 1 amide bonds. The van der Waals surface area contributed by atoms with Crippen molar-refractivity contribution in [3.8, 4) is 0 Å². The molecular weight excluding hydrogens is 252 g/mol. The van der Waals surface area contributed by atoms with Crippen LogP contribution in [0.3, 0.4) is 0 Å². The maximum Gasteiger partial charge on any atom is 0.318 e. The third-order valence-corrected chi connectivity index (χ3v) is 3.94. The number of benzene rings is 1. The first-order valence-electron chi connectivity index (χ1n) is 6.77. The monoisotopic (exact) mass is 268 g/mol. The Balaban J connectivity index is 1.86. The van der Waals surface area contributed by atoms with Crippen LogP contribution in [-0.4, -0.2) is 5.91 Å². The van der Waals surface area contributed by atoms with Crippen LogP contribution in [0.5, 0.6) is 0 Å². The zero-order chi connectivity index (χ0) is 14.0. The van der Waals surface area contributed by atoms with Gasteiger partial charge in [0, 0.05) is 12.1 Å². The van der Waals surface area contributed by atoms with Gasteiger partial charge in [-0.2, -0.15) is 4.73 Å². The molecule has 0 spiro atoms. The number of carbonyl (C=O) groups excluding carboxylic acids is 1. The van der Waals surface area contributed by atoms with Crippen LogP contribution in [-0.2, 0) is 5.54 Å². The Labute approximate surface area is 117 Å². The van der Waals surface area contributed by atoms with Gasteiger partial charge in [-0.15, -0.1) is 0 Å². The van der Waals surface area contributed by atoms with Crippen molar-refractivity contribution in [3.63, 3.8) is 0 Å². The van der Waals surface area contributed by atoms with Crippen LogP contribution >= 0.6 is 0 Å². The summed E-state index contributed by atoms with van der Waals surface area (Å²) in [6, 6.07) is 14.8. The largest absolute Gasteiger partial charge is 0.618 e. The van der Waals surface area contributed by atoms with Gasteiger partial charge in [-0.1, -0.05) is 30.3 Å². The summed E-state index contributed by atoms with van der Waals surface area (Å²) in [4.78, 5) is 12.3. The van der Waals surface area contributed by atoms with Crippen molar-refractivity contribution in [1.82, 2.24) is 5.32 Å². The number of pyridine rings is 1. The Morgan fingerprint density at radius 2 is 1.80 bits per heavy atom. The fourth-order valence-corrected chi connectivity index (χ4v) is 2.66. The highest BCUT2D eigenvalue weighted by Crippen LogP contribution is 2.41. The van der Waals surface area contributed by atoms with E-state index in [4.69, 9.17) is 0 Å². The van der Waals surface area contributed by atoms with Gasteiger partial charge in [0.2, 0.25) is 0 Å². The zero-order valence-corrected chi connectivity index (χ0v) is 11.1. The molecule has 0 aliphatic heterocycles. The van der Waals surface area contributed by atoms with Crippen LogP contribution < -0.4 is 10.0 Å². The van der Waals surface area contributed by atoms with E-state index in [-0.39, 0.29) is 17.1 Å². The topological polar surface area (TPSA) is 56.0 Å². The standard InChI is InChI=1S/C16H16N2O2/c19-15(14-9-4-5-12-18(14)20)17-16(10-6-11-16)13-7-2-1-3-8-13/h1-5,7-9,12H,6,10-11H2,(H,17,19). The van der Waals surface area contributed by atoms with E-state index in [9.17, 15) is 10.0 Å². The second-order valence-corrected chi connectivity index (χ2v) is 5.17. The van der Waals surface area contributed by atoms with Crippen LogP contribution in [0.4, 0.5) is 0 Å². The van der Waals surface area contributed by atoms with Crippen LogP contribution in [0.2, 0.25) is 0 Å². The summed E-state index contributed by atoms with van der Waals surface area (Å²) < 4.78 is 0.604. The molecule has 2 aromatic rings. The van der Waals surface area contributed by atoms with Crippen LogP contribution in [0.25, 0.3) is 0 Å². The van der Waals surface area contributed by atoms with Crippen LogP contribution in [0, 0.1) is 5.21 Å². The molecule has 4 heteroatoms. The number of nitrogens with zero attached hydrogens (tertiary/aromatic N) is 1. The number of carbonyl (C=O) groups is 1. The second-order valence-electron chi connectivity index (χ2n) is 5.17. The van der Waals surface area contributed by atoms with E-state index in [1.54, 1.807) is 18.2 Å². The van der Waals surface area contributed by atoms with Crippen molar-refractivity contribution in [2.24, 2.45) is 0 Å². The highest BCUT2D eigenvalue weighted by atomic mass is 16.5. The number of hydrogen-bond donors (Lipinski definition) is 1. The molecule has 0 radical (unpaired) electrons. The number of aromatic nitrogens is 1. The maximum absolute atomic E-state index is 12.3. The summed E-state index contributed by atoms with van der Waals surface area (Å²) in [5, 5.41) is 14.7. The van der Waals surface area contributed by atoms with Crippen molar-refractivity contribution < 1.29 is 9.52 Å². The fourth-order valence-electron chi connectivity index (χ4n) is 2.66. The number of nitrogens with one attached hydrogen (secondary N) is 1. The second kappa shape index (κ2) is 4.96. The fraction of sp³-hybridized carbons (Fsp3) is 0.250. The van der Waals surface area contributed by atoms with Gasteiger partial charge in [0.05, 0.1) is 5.54 Å². The van der Waals surface area contributed by atoms with Crippen LogP contribution in [0.15, 0.2) is 54.7 Å². The molecule has 4 nitrogen and oxygen atoms in total. The lowest BCUT2D eigenvalue weighted by Gasteiger charge is -2.42. The van der Waals surface area contributed by atoms with E-state index in [0.717, 1.165) is 24.8 Å². The molecule has 1 aromatic heterocycles. The molecular formula is C16H16N2O2. The summed E-state index contributed by atoms with van der Waals surface area (Å²) >= 11 is 0. The lowest BCUT2D eigenvalue weighted by atomic mass is 9.71. The summed E-state index contributed by atoms with van der Waals surface area (Å²) in [5.74, 6) is -0.316. The minimum atomic E-state index is -0.318. The Morgan fingerprint density at radius 3 is 2.40 bits per heavy atom. The van der Waals surface area contributed by atoms with Gasteiger partial charge in [-0.3, -0.25) is 4.79 Å². The SMILES string of the molecule is O=C(NC1(c2ccccc2)CCC1)c1cccc[n+]1[O-]. The normalized spacial score (nSPS) is 16.2. The highest BCUT2D eigenvalue weighted by molar-refractivity contribution is 5.91. The number of hydrogen-bond acceptors (Lipinski definition) is 2. The first kappa shape index (κ1) is 12.7. The van der Waals surface area contributed by atoms with E-state index in [0.29, 0.717) is 4.73 Å². The molecule has 3 rings (SSSR count). The average molecular weight is 268 g/mol. The Kier molecular flexibility index (Phi) is 3.14. The van der Waals surface area contributed by atoms with Crippen molar-refractivity contribution in [1.29, 1.82) is 0 Å². The van der Waals surface area contributed by atoms with Crippen molar-refractivity contribution in [3.05, 3.63) is 71.2 Å². The minimum Gasteiger partial charge on any atom is -0.618 e. The van der Waals surface area contributed by atoms with Gasteiger partial charge in [-0.25, -0.2) is 0 Å². The lowest BCUT2D eigenvalue weighted by molar-refractivity contribution is -0.607. The van der Waals surface area contributed by atoms with Gasteiger partial charge in [-0.05, 0) is 30.9 Å². The van der Waals surface area contributed by atoms with Crippen molar-refractivity contribution in [2.75, 3.05) is 0 Å². The highest BCUT2D eigenvalue weighted by Gasteiger charge is 2.41. The molecule has 1 fully saturated rings. The van der Waals surface area contributed by atoms with Gasteiger partial charge < -0.3 is 10.5 Å². The number of amides is 1.